The zero-order valence-electron chi connectivity index (χ0n) is 15.8. The third kappa shape index (κ3) is 5.83. The van der Waals surface area contributed by atoms with Crippen molar-refractivity contribution in [2.24, 2.45) is 5.10 Å². The quantitative estimate of drug-likeness (QED) is 0.483. The minimum Gasteiger partial charge on any atom is -0.497 e. The zero-order valence-corrected chi connectivity index (χ0v) is 18.2. The fraction of sp³-hybridized carbons (Fsp3) is 0.222. The number of hydrazone groups is 1. The molecule has 0 heterocycles. The standard InChI is InChI=1S/C18H19Cl2N3O5S/c1-23(29(25,26)17-8-13(19)5-7-15(17)20)11-18(24)22-21-10-12-4-6-14(27-2)9-16(12)28-3/h4-10H,11H2,1-3H3,(H,22,24)/b21-10-. The maximum absolute atomic E-state index is 12.6. The highest BCUT2D eigenvalue weighted by molar-refractivity contribution is 7.89. The lowest BCUT2D eigenvalue weighted by Gasteiger charge is -2.17. The van der Waals surface area contributed by atoms with E-state index in [2.05, 4.69) is 10.5 Å². The first-order valence-electron chi connectivity index (χ1n) is 8.14. The van der Waals surface area contributed by atoms with Crippen molar-refractivity contribution in [3.05, 3.63) is 52.0 Å². The van der Waals surface area contributed by atoms with Gasteiger partial charge in [-0.2, -0.15) is 9.41 Å². The van der Waals surface area contributed by atoms with Crippen molar-refractivity contribution in [1.29, 1.82) is 0 Å². The maximum atomic E-state index is 12.6. The second-order valence-corrected chi connectivity index (χ2v) is 8.59. The number of benzene rings is 2. The normalized spacial score (nSPS) is 11.7. The molecule has 2 aromatic carbocycles. The highest BCUT2D eigenvalue weighted by atomic mass is 35.5. The molecule has 0 radical (unpaired) electrons. The van der Waals surface area contributed by atoms with Crippen LogP contribution in [0.25, 0.3) is 0 Å². The minimum atomic E-state index is -4.01. The van der Waals surface area contributed by atoms with Gasteiger partial charge in [0.05, 0.1) is 32.0 Å². The topological polar surface area (TPSA) is 97.3 Å². The van der Waals surface area contributed by atoms with E-state index in [0.717, 1.165) is 4.31 Å². The number of amides is 1. The molecule has 0 fully saturated rings. The van der Waals surface area contributed by atoms with E-state index in [1.807, 2.05) is 0 Å². The lowest BCUT2D eigenvalue weighted by Crippen LogP contribution is -2.36. The number of rotatable bonds is 8. The molecule has 29 heavy (non-hydrogen) atoms. The fourth-order valence-electron chi connectivity index (χ4n) is 2.26. The van der Waals surface area contributed by atoms with E-state index in [9.17, 15) is 13.2 Å². The van der Waals surface area contributed by atoms with Crippen LogP contribution < -0.4 is 14.9 Å². The summed E-state index contributed by atoms with van der Waals surface area (Å²) in [6, 6.07) is 9.14. The fourth-order valence-corrected chi connectivity index (χ4v) is 4.12. The van der Waals surface area contributed by atoms with Gasteiger partial charge in [0.25, 0.3) is 5.91 Å². The van der Waals surface area contributed by atoms with Crippen LogP contribution in [-0.2, 0) is 14.8 Å². The molecule has 0 aliphatic heterocycles. The van der Waals surface area contributed by atoms with Gasteiger partial charge in [0.2, 0.25) is 10.0 Å². The Bertz CT molecular complexity index is 1030. The van der Waals surface area contributed by atoms with Crippen LogP contribution in [0.4, 0.5) is 0 Å². The molecule has 8 nitrogen and oxygen atoms in total. The van der Waals surface area contributed by atoms with Gasteiger partial charge in [0.1, 0.15) is 16.4 Å². The van der Waals surface area contributed by atoms with Gasteiger partial charge in [-0.15, -0.1) is 0 Å². The summed E-state index contributed by atoms with van der Waals surface area (Å²) in [6.45, 7) is -0.470. The van der Waals surface area contributed by atoms with Crippen LogP contribution >= 0.6 is 23.2 Å². The van der Waals surface area contributed by atoms with E-state index in [-0.39, 0.29) is 14.9 Å². The summed E-state index contributed by atoms with van der Waals surface area (Å²) in [5, 5.41) is 4.05. The second kappa shape index (κ2) is 9.93. The van der Waals surface area contributed by atoms with E-state index in [1.54, 1.807) is 18.2 Å². The number of likely N-dealkylation sites (N-methyl/N-ethyl adjacent to an activating group) is 1. The molecule has 1 N–H and O–H groups in total. The number of halogens is 2. The number of ether oxygens (including phenoxy) is 2. The summed E-state index contributed by atoms with van der Waals surface area (Å²) < 4.78 is 36.4. The van der Waals surface area contributed by atoms with Crippen molar-refractivity contribution in [1.82, 2.24) is 9.73 Å². The van der Waals surface area contributed by atoms with Crippen LogP contribution in [0.1, 0.15) is 5.56 Å². The molecule has 0 aliphatic carbocycles. The molecule has 0 saturated carbocycles. The number of hydrogen-bond acceptors (Lipinski definition) is 6. The summed E-state index contributed by atoms with van der Waals surface area (Å²) in [6.07, 6.45) is 1.37. The molecular formula is C18H19Cl2N3O5S. The van der Waals surface area contributed by atoms with Crippen LogP contribution in [0.2, 0.25) is 10.0 Å². The molecule has 0 bridgehead atoms. The van der Waals surface area contributed by atoms with Crippen molar-refractivity contribution in [3.63, 3.8) is 0 Å². The van der Waals surface area contributed by atoms with Crippen LogP contribution in [0, 0.1) is 0 Å². The van der Waals surface area contributed by atoms with Gasteiger partial charge < -0.3 is 9.47 Å². The first-order valence-corrected chi connectivity index (χ1v) is 10.3. The first-order chi connectivity index (χ1) is 13.7. The van der Waals surface area contributed by atoms with Gasteiger partial charge in [-0.1, -0.05) is 23.2 Å². The Balaban J connectivity index is 2.05. The third-order valence-electron chi connectivity index (χ3n) is 3.78. The van der Waals surface area contributed by atoms with Crippen LogP contribution in [0.15, 0.2) is 46.4 Å². The van der Waals surface area contributed by atoms with Gasteiger partial charge >= 0.3 is 0 Å². The van der Waals surface area contributed by atoms with Crippen molar-refractivity contribution < 1.29 is 22.7 Å². The Morgan fingerprint density at radius 1 is 1.17 bits per heavy atom. The molecule has 0 atom stereocenters. The van der Waals surface area contributed by atoms with Gasteiger partial charge in [-0.25, -0.2) is 13.8 Å². The Labute approximate surface area is 179 Å². The summed E-state index contributed by atoms with van der Waals surface area (Å²) in [5.74, 6) is 0.463. The lowest BCUT2D eigenvalue weighted by atomic mass is 10.2. The van der Waals surface area contributed by atoms with E-state index in [1.165, 1.54) is 45.7 Å². The number of carbonyl (C=O) groups excluding carboxylic acids is 1. The molecule has 2 aromatic rings. The second-order valence-electron chi connectivity index (χ2n) is 5.74. The predicted octanol–water partition coefficient (Wildman–Crippen LogP) is 2.78. The first kappa shape index (κ1) is 23.0. The van der Waals surface area contributed by atoms with Gasteiger partial charge in [0, 0.05) is 23.7 Å². The number of sulfonamides is 1. The summed E-state index contributed by atoms with van der Waals surface area (Å²) in [5.41, 5.74) is 2.87. The summed E-state index contributed by atoms with van der Waals surface area (Å²) in [4.78, 5) is 11.9. The largest absolute Gasteiger partial charge is 0.497 e. The number of carbonyl (C=O) groups is 1. The van der Waals surface area contributed by atoms with E-state index >= 15 is 0 Å². The molecular weight excluding hydrogens is 441 g/mol. The molecule has 0 spiro atoms. The lowest BCUT2D eigenvalue weighted by molar-refractivity contribution is -0.121. The van der Waals surface area contributed by atoms with E-state index in [4.69, 9.17) is 32.7 Å². The van der Waals surface area contributed by atoms with Crippen molar-refractivity contribution >= 4 is 45.3 Å². The smallest absolute Gasteiger partial charge is 0.255 e. The van der Waals surface area contributed by atoms with Crippen LogP contribution in [0.3, 0.4) is 0 Å². The molecule has 0 saturated heterocycles. The Morgan fingerprint density at radius 3 is 2.55 bits per heavy atom. The molecule has 1 amide bonds. The Hall–Kier alpha value is -2.33. The van der Waals surface area contributed by atoms with Gasteiger partial charge in [-0.05, 0) is 30.3 Å². The van der Waals surface area contributed by atoms with E-state index in [0.29, 0.717) is 17.1 Å². The SMILES string of the molecule is COc1ccc(/C=N\NC(=O)CN(C)S(=O)(=O)c2cc(Cl)ccc2Cl)c(OC)c1. The number of nitrogens with one attached hydrogen (secondary N) is 1. The number of hydrogen-bond donors (Lipinski definition) is 1. The number of methoxy groups -OCH3 is 2. The predicted molar refractivity (Wildman–Crippen MR) is 112 cm³/mol. The molecule has 11 heteroatoms. The average molecular weight is 460 g/mol. The van der Waals surface area contributed by atoms with Crippen molar-refractivity contribution in [3.8, 4) is 11.5 Å². The molecule has 0 aromatic heterocycles. The molecule has 156 valence electrons. The molecule has 2 rings (SSSR count). The van der Waals surface area contributed by atoms with Gasteiger partial charge in [-0.3, -0.25) is 4.79 Å². The van der Waals surface area contributed by atoms with Crippen LogP contribution in [0.5, 0.6) is 11.5 Å². The average Bonchev–Trinajstić information content (AvgIpc) is 2.69. The van der Waals surface area contributed by atoms with Crippen molar-refractivity contribution in [2.75, 3.05) is 27.8 Å². The Kier molecular flexibility index (Phi) is 7.86. The third-order valence-corrected chi connectivity index (χ3v) is 6.30. The molecule has 0 aliphatic rings. The minimum absolute atomic E-state index is 0.00581. The van der Waals surface area contributed by atoms with Crippen molar-refractivity contribution in [2.45, 2.75) is 4.90 Å². The van der Waals surface area contributed by atoms with Gasteiger partial charge in [0.15, 0.2) is 0 Å². The monoisotopic (exact) mass is 459 g/mol. The zero-order chi connectivity index (χ0) is 21.6. The summed E-state index contributed by atoms with van der Waals surface area (Å²) in [7, 11) is 0.263. The number of nitrogens with zero attached hydrogens (tertiary/aromatic N) is 2. The summed E-state index contributed by atoms with van der Waals surface area (Å²) >= 11 is 11.8. The Morgan fingerprint density at radius 2 is 1.90 bits per heavy atom. The highest BCUT2D eigenvalue weighted by Crippen LogP contribution is 2.27. The molecule has 0 unspecified atom stereocenters. The highest BCUT2D eigenvalue weighted by Gasteiger charge is 2.25. The van der Waals surface area contributed by atoms with E-state index < -0.39 is 22.5 Å². The van der Waals surface area contributed by atoms with Crippen LogP contribution in [-0.4, -0.2) is 52.7 Å². The maximum Gasteiger partial charge on any atom is 0.255 e.